The number of sulfonamides is 1. The predicted octanol–water partition coefficient (Wildman–Crippen LogP) is 3.82. The van der Waals surface area contributed by atoms with E-state index in [4.69, 9.17) is 11.6 Å². The Morgan fingerprint density at radius 2 is 1.57 bits per heavy atom. The van der Waals surface area contributed by atoms with Crippen molar-refractivity contribution in [3.8, 4) is 0 Å². The van der Waals surface area contributed by atoms with Gasteiger partial charge in [0.1, 0.15) is 0 Å². The number of halogens is 4. The molecule has 3 rings (SSSR count). The molecule has 0 aliphatic carbocycles. The number of benzene rings is 2. The van der Waals surface area contributed by atoms with E-state index in [9.17, 15) is 26.4 Å². The van der Waals surface area contributed by atoms with Crippen molar-refractivity contribution in [1.29, 1.82) is 0 Å². The van der Waals surface area contributed by atoms with E-state index in [1.165, 1.54) is 4.31 Å². The molecule has 162 valence electrons. The summed E-state index contributed by atoms with van der Waals surface area (Å²) < 4.78 is 64.6. The van der Waals surface area contributed by atoms with Crippen LogP contribution in [-0.4, -0.2) is 49.7 Å². The standard InChI is InChI=1S/C20H20ClF3N2O3S/c21-18-4-2-1-3-15(18)5-10-19(27)25-11-13-26(14-12-25)30(28,29)17-8-6-16(7-9-17)20(22,23)24/h1-4,6-9H,5,10-14H2. The minimum atomic E-state index is -4.53. The lowest BCUT2D eigenvalue weighted by atomic mass is 10.1. The highest BCUT2D eigenvalue weighted by Gasteiger charge is 2.33. The number of nitrogens with zero attached hydrogens (tertiary/aromatic N) is 2. The molecule has 1 saturated heterocycles. The van der Waals surface area contributed by atoms with Gasteiger partial charge in [-0.1, -0.05) is 29.8 Å². The van der Waals surface area contributed by atoms with E-state index in [1.54, 1.807) is 11.0 Å². The van der Waals surface area contributed by atoms with Gasteiger partial charge in [-0.2, -0.15) is 17.5 Å². The average Bonchev–Trinajstić information content (AvgIpc) is 2.72. The van der Waals surface area contributed by atoms with Crippen LogP contribution in [-0.2, 0) is 27.4 Å². The number of piperazine rings is 1. The highest BCUT2D eigenvalue weighted by atomic mass is 35.5. The van der Waals surface area contributed by atoms with Crippen LogP contribution in [0, 0.1) is 0 Å². The average molecular weight is 461 g/mol. The summed E-state index contributed by atoms with van der Waals surface area (Å²) in [6.07, 6.45) is -3.78. The van der Waals surface area contributed by atoms with Crippen LogP contribution >= 0.6 is 11.6 Å². The quantitative estimate of drug-likeness (QED) is 0.681. The van der Waals surface area contributed by atoms with Crippen molar-refractivity contribution in [3.05, 3.63) is 64.7 Å². The molecule has 1 aliphatic rings. The molecule has 2 aromatic carbocycles. The SMILES string of the molecule is O=C(CCc1ccccc1Cl)N1CCN(S(=O)(=O)c2ccc(C(F)(F)F)cc2)CC1. The van der Waals surface area contributed by atoms with E-state index in [0.717, 1.165) is 29.8 Å². The molecule has 0 unspecified atom stereocenters. The van der Waals surface area contributed by atoms with Gasteiger partial charge in [0.2, 0.25) is 15.9 Å². The van der Waals surface area contributed by atoms with Crippen molar-refractivity contribution >= 4 is 27.5 Å². The monoisotopic (exact) mass is 460 g/mol. The molecular weight excluding hydrogens is 441 g/mol. The lowest BCUT2D eigenvalue weighted by molar-refractivity contribution is -0.137. The number of carbonyl (C=O) groups is 1. The molecule has 0 aromatic heterocycles. The Morgan fingerprint density at radius 1 is 0.967 bits per heavy atom. The van der Waals surface area contributed by atoms with Crippen molar-refractivity contribution in [2.75, 3.05) is 26.2 Å². The largest absolute Gasteiger partial charge is 0.416 e. The van der Waals surface area contributed by atoms with Crippen LogP contribution in [0.15, 0.2) is 53.4 Å². The Hall–Kier alpha value is -2.10. The molecule has 0 bridgehead atoms. The minimum Gasteiger partial charge on any atom is -0.340 e. The molecule has 1 aliphatic heterocycles. The fourth-order valence-electron chi connectivity index (χ4n) is 3.24. The van der Waals surface area contributed by atoms with Gasteiger partial charge < -0.3 is 4.90 Å². The van der Waals surface area contributed by atoms with Crippen molar-refractivity contribution in [2.24, 2.45) is 0 Å². The van der Waals surface area contributed by atoms with Crippen LogP contribution in [0.4, 0.5) is 13.2 Å². The zero-order valence-electron chi connectivity index (χ0n) is 15.9. The second kappa shape index (κ2) is 8.95. The van der Waals surface area contributed by atoms with Crippen LogP contribution in [0.5, 0.6) is 0 Å². The summed E-state index contributed by atoms with van der Waals surface area (Å²) >= 11 is 6.10. The summed E-state index contributed by atoms with van der Waals surface area (Å²) in [6.45, 7) is 0.616. The molecule has 0 saturated carbocycles. The molecule has 0 atom stereocenters. The fraction of sp³-hybridized carbons (Fsp3) is 0.350. The van der Waals surface area contributed by atoms with Crippen LogP contribution < -0.4 is 0 Å². The van der Waals surface area contributed by atoms with Crippen LogP contribution in [0.3, 0.4) is 0 Å². The van der Waals surface area contributed by atoms with Gasteiger partial charge in [0.15, 0.2) is 0 Å². The Morgan fingerprint density at radius 3 is 2.13 bits per heavy atom. The van der Waals surface area contributed by atoms with E-state index in [1.807, 2.05) is 18.2 Å². The van der Waals surface area contributed by atoms with E-state index < -0.39 is 21.8 Å². The van der Waals surface area contributed by atoms with Gasteiger partial charge >= 0.3 is 6.18 Å². The normalized spacial score (nSPS) is 15.9. The summed E-state index contributed by atoms with van der Waals surface area (Å²) in [5.41, 5.74) is -0.0357. The Balaban J connectivity index is 1.57. The molecule has 2 aromatic rings. The van der Waals surface area contributed by atoms with Gasteiger partial charge in [0.05, 0.1) is 10.5 Å². The maximum absolute atomic E-state index is 12.7. The van der Waals surface area contributed by atoms with Gasteiger partial charge in [-0.3, -0.25) is 4.79 Å². The lowest BCUT2D eigenvalue weighted by Crippen LogP contribution is -2.50. The zero-order valence-corrected chi connectivity index (χ0v) is 17.5. The third-order valence-corrected chi connectivity index (χ3v) is 7.26. The Kier molecular flexibility index (Phi) is 6.74. The Labute approximate surface area is 178 Å². The van der Waals surface area contributed by atoms with E-state index in [-0.39, 0.29) is 43.4 Å². The number of amides is 1. The van der Waals surface area contributed by atoms with Gasteiger partial charge in [-0.15, -0.1) is 0 Å². The van der Waals surface area contributed by atoms with Crippen LogP contribution in [0.1, 0.15) is 17.5 Å². The van der Waals surface area contributed by atoms with E-state index in [2.05, 4.69) is 0 Å². The zero-order chi connectivity index (χ0) is 21.9. The number of rotatable bonds is 5. The number of carbonyl (C=O) groups excluding carboxylic acids is 1. The van der Waals surface area contributed by atoms with Gasteiger partial charge in [0, 0.05) is 37.6 Å². The third kappa shape index (κ3) is 5.14. The lowest BCUT2D eigenvalue weighted by Gasteiger charge is -2.34. The number of hydrogen-bond acceptors (Lipinski definition) is 3. The van der Waals surface area contributed by atoms with E-state index >= 15 is 0 Å². The predicted molar refractivity (Wildman–Crippen MR) is 107 cm³/mol. The van der Waals surface area contributed by atoms with Crippen molar-refractivity contribution < 1.29 is 26.4 Å². The molecule has 0 N–H and O–H groups in total. The fourth-order valence-corrected chi connectivity index (χ4v) is 4.90. The molecule has 0 radical (unpaired) electrons. The van der Waals surface area contributed by atoms with Gasteiger partial charge in [0.25, 0.3) is 0 Å². The summed E-state index contributed by atoms with van der Waals surface area (Å²) in [6, 6.07) is 10.7. The smallest absolute Gasteiger partial charge is 0.340 e. The van der Waals surface area contributed by atoms with Crippen molar-refractivity contribution in [3.63, 3.8) is 0 Å². The first kappa shape index (κ1) is 22.6. The first-order valence-corrected chi connectivity index (χ1v) is 11.1. The number of aryl methyl sites for hydroxylation is 1. The van der Waals surface area contributed by atoms with Crippen LogP contribution in [0.2, 0.25) is 5.02 Å². The maximum atomic E-state index is 12.7. The maximum Gasteiger partial charge on any atom is 0.416 e. The number of alkyl halides is 3. The first-order chi connectivity index (χ1) is 14.1. The summed E-state index contributed by atoms with van der Waals surface area (Å²) in [7, 11) is -3.92. The summed E-state index contributed by atoms with van der Waals surface area (Å²) in [5, 5.41) is 0.595. The van der Waals surface area contributed by atoms with E-state index in [0.29, 0.717) is 11.4 Å². The molecular formula is C20H20ClF3N2O3S. The second-order valence-electron chi connectivity index (χ2n) is 6.90. The molecule has 5 nitrogen and oxygen atoms in total. The highest BCUT2D eigenvalue weighted by Crippen LogP contribution is 2.30. The van der Waals surface area contributed by atoms with Gasteiger partial charge in [-0.25, -0.2) is 8.42 Å². The van der Waals surface area contributed by atoms with Crippen molar-refractivity contribution in [2.45, 2.75) is 23.9 Å². The second-order valence-corrected chi connectivity index (χ2v) is 9.24. The number of hydrogen-bond donors (Lipinski definition) is 0. The Bertz CT molecular complexity index is 1000. The molecule has 1 amide bonds. The summed E-state index contributed by atoms with van der Waals surface area (Å²) in [4.78, 5) is 13.8. The molecule has 0 spiro atoms. The summed E-state index contributed by atoms with van der Waals surface area (Å²) in [5.74, 6) is -0.0958. The van der Waals surface area contributed by atoms with Crippen LogP contribution in [0.25, 0.3) is 0 Å². The topological polar surface area (TPSA) is 57.7 Å². The molecule has 1 fully saturated rings. The van der Waals surface area contributed by atoms with Gasteiger partial charge in [-0.05, 0) is 42.3 Å². The first-order valence-electron chi connectivity index (χ1n) is 9.27. The molecule has 10 heteroatoms. The van der Waals surface area contributed by atoms with Crippen molar-refractivity contribution in [1.82, 2.24) is 9.21 Å². The minimum absolute atomic E-state index is 0.0845. The highest BCUT2D eigenvalue weighted by molar-refractivity contribution is 7.89. The molecule has 30 heavy (non-hydrogen) atoms. The molecule has 1 heterocycles. The third-order valence-electron chi connectivity index (χ3n) is 4.98.